The first-order valence-electron chi connectivity index (χ1n) is 8.72. The van der Waals surface area contributed by atoms with Crippen molar-refractivity contribution in [2.24, 2.45) is 0 Å². The quantitative estimate of drug-likeness (QED) is 0.709. The summed E-state index contributed by atoms with van der Waals surface area (Å²) >= 11 is 0. The second-order valence-corrected chi connectivity index (χ2v) is 10.5. The highest BCUT2D eigenvalue weighted by Crippen LogP contribution is 2.23. The van der Waals surface area contributed by atoms with E-state index in [1.807, 2.05) is 0 Å². The number of esters is 1. The second kappa shape index (κ2) is 8.38. The molecule has 0 radical (unpaired) electrons. The van der Waals surface area contributed by atoms with Crippen molar-refractivity contribution in [3.63, 3.8) is 0 Å². The molecule has 1 atom stereocenters. The van der Waals surface area contributed by atoms with Crippen molar-refractivity contribution in [1.29, 1.82) is 0 Å². The van der Waals surface area contributed by atoms with E-state index in [4.69, 9.17) is 9.47 Å². The van der Waals surface area contributed by atoms with Gasteiger partial charge in [-0.2, -0.15) is 0 Å². The Morgan fingerprint density at radius 3 is 2.07 bits per heavy atom. The third kappa shape index (κ3) is 8.16. The van der Waals surface area contributed by atoms with E-state index in [9.17, 15) is 23.1 Å². The summed E-state index contributed by atoms with van der Waals surface area (Å²) in [6.07, 6.45) is 0.00866. The van der Waals surface area contributed by atoms with Crippen LogP contribution < -0.4 is 5.32 Å². The number of ether oxygens (including phenoxy) is 2. The van der Waals surface area contributed by atoms with Crippen LogP contribution in [-0.4, -0.2) is 49.1 Å². The lowest BCUT2D eigenvalue weighted by Gasteiger charge is -2.26. The van der Waals surface area contributed by atoms with Gasteiger partial charge in [-0.25, -0.2) is 18.0 Å². The Bertz CT molecular complexity index is 833. The van der Waals surface area contributed by atoms with Crippen molar-refractivity contribution in [3.8, 4) is 5.75 Å². The van der Waals surface area contributed by atoms with E-state index in [1.54, 1.807) is 41.5 Å². The molecule has 0 aliphatic heterocycles. The number of carbonyl (C=O) groups is 2. The number of hydrogen-bond acceptors (Lipinski definition) is 7. The second-order valence-electron chi connectivity index (χ2n) is 8.50. The first kappa shape index (κ1) is 23.7. The van der Waals surface area contributed by atoms with Crippen LogP contribution in [0.3, 0.4) is 0 Å². The number of rotatable bonds is 5. The van der Waals surface area contributed by atoms with Crippen molar-refractivity contribution in [3.05, 3.63) is 23.8 Å². The van der Waals surface area contributed by atoms with Crippen molar-refractivity contribution in [2.75, 3.05) is 6.26 Å². The van der Waals surface area contributed by atoms with Crippen molar-refractivity contribution >= 4 is 21.9 Å². The summed E-state index contributed by atoms with van der Waals surface area (Å²) in [6, 6.07) is 2.62. The molecule has 0 unspecified atom stereocenters. The molecule has 28 heavy (non-hydrogen) atoms. The van der Waals surface area contributed by atoms with Gasteiger partial charge in [-0.05, 0) is 59.2 Å². The van der Waals surface area contributed by atoms with Gasteiger partial charge in [-0.15, -0.1) is 0 Å². The van der Waals surface area contributed by atoms with Crippen molar-refractivity contribution in [2.45, 2.75) is 70.1 Å². The molecule has 1 aromatic carbocycles. The number of phenolic OH excluding ortho intramolecular Hbond substituents is 1. The van der Waals surface area contributed by atoms with Gasteiger partial charge in [-0.1, -0.05) is 6.07 Å². The zero-order valence-electron chi connectivity index (χ0n) is 17.3. The number of sulfone groups is 1. The van der Waals surface area contributed by atoms with E-state index in [0.29, 0.717) is 0 Å². The lowest BCUT2D eigenvalue weighted by molar-refractivity contribution is -0.157. The number of aromatic hydroxyl groups is 1. The maximum Gasteiger partial charge on any atom is 0.408 e. The van der Waals surface area contributed by atoms with Crippen LogP contribution in [0.15, 0.2) is 23.1 Å². The molecule has 0 spiro atoms. The van der Waals surface area contributed by atoms with E-state index in [0.717, 1.165) is 12.3 Å². The van der Waals surface area contributed by atoms with Gasteiger partial charge in [0.15, 0.2) is 9.84 Å². The number of benzene rings is 1. The van der Waals surface area contributed by atoms with Crippen molar-refractivity contribution in [1.82, 2.24) is 5.32 Å². The maximum absolute atomic E-state index is 12.6. The Kier molecular flexibility index (Phi) is 7.11. The molecule has 0 aromatic heterocycles. The topological polar surface area (TPSA) is 119 Å². The summed E-state index contributed by atoms with van der Waals surface area (Å²) < 4.78 is 34.6. The molecule has 1 amide bonds. The molecule has 158 valence electrons. The van der Waals surface area contributed by atoms with E-state index in [1.165, 1.54) is 12.1 Å². The van der Waals surface area contributed by atoms with Crippen LogP contribution in [0.5, 0.6) is 5.75 Å². The molecule has 0 aliphatic rings. The fourth-order valence-corrected chi connectivity index (χ4v) is 3.26. The molecular weight excluding hydrogens is 386 g/mol. The third-order valence-electron chi connectivity index (χ3n) is 3.26. The zero-order valence-corrected chi connectivity index (χ0v) is 18.1. The predicted molar refractivity (Wildman–Crippen MR) is 104 cm³/mol. The van der Waals surface area contributed by atoms with Crippen LogP contribution in [0, 0.1) is 0 Å². The number of alkyl carbamates (subject to hydrolysis) is 1. The normalized spacial score (nSPS) is 13.5. The summed E-state index contributed by atoms with van der Waals surface area (Å²) in [5.41, 5.74) is -1.33. The Morgan fingerprint density at radius 2 is 1.61 bits per heavy atom. The average molecular weight is 416 g/mol. The van der Waals surface area contributed by atoms with Gasteiger partial charge in [0.2, 0.25) is 0 Å². The summed E-state index contributed by atoms with van der Waals surface area (Å²) in [6.45, 7) is 10.1. The molecule has 8 nitrogen and oxygen atoms in total. The number of carbonyl (C=O) groups excluding carboxylic acids is 2. The summed E-state index contributed by atoms with van der Waals surface area (Å²) in [5.74, 6) is -0.955. The highest BCUT2D eigenvalue weighted by molar-refractivity contribution is 7.90. The Balaban J connectivity index is 3.23. The van der Waals surface area contributed by atoms with E-state index in [2.05, 4.69) is 5.32 Å². The Morgan fingerprint density at radius 1 is 1.07 bits per heavy atom. The van der Waals surface area contributed by atoms with E-state index < -0.39 is 39.1 Å². The summed E-state index contributed by atoms with van der Waals surface area (Å²) in [4.78, 5) is 24.6. The first-order chi connectivity index (χ1) is 12.5. The van der Waals surface area contributed by atoms with E-state index >= 15 is 0 Å². The molecule has 1 aromatic rings. The Hall–Kier alpha value is -2.29. The van der Waals surface area contributed by atoms with Gasteiger partial charge in [-0.3, -0.25) is 0 Å². The number of amides is 1. The molecule has 0 fully saturated rings. The van der Waals surface area contributed by atoms with Crippen LogP contribution in [-0.2, 0) is 30.5 Å². The minimum Gasteiger partial charge on any atom is -0.508 e. The van der Waals surface area contributed by atoms with E-state index in [-0.39, 0.29) is 22.6 Å². The molecule has 1 rings (SSSR count). The smallest absolute Gasteiger partial charge is 0.408 e. The van der Waals surface area contributed by atoms with Gasteiger partial charge < -0.3 is 19.9 Å². The largest absolute Gasteiger partial charge is 0.508 e. The fraction of sp³-hybridized carbons (Fsp3) is 0.579. The lowest BCUT2D eigenvalue weighted by Crippen LogP contribution is -2.47. The summed E-state index contributed by atoms with van der Waals surface area (Å²) in [5, 5.41) is 12.1. The molecule has 0 saturated carbocycles. The van der Waals surface area contributed by atoms with Crippen LogP contribution >= 0.6 is 0 Å². The highest BCUT2D eigenvalue weighted by Gasteiger charge is 2.30. The molecular formula is C19H29NO7S. The first-order valence-corrected chi connectivity index (χ1v) is 10.6. The summed E-state index contributed by atoms with van der Waals surface area (Å²) in [7, 11) is -3.68. The van der Waals surface area contributed by atoms with Crippen LogP contribution in [0.25, 0.3) is 0 Å². The molecule has 0 bridgehead atoms. The zero-order chi connectivity index (χ0) is 21.9. The molecule has 9 heteroatoms. The molecule has 2 N–H and O–H groups in total. The van der Waals surface area contributed by atoms with Gasteiger partial charge in [0, 0.05) is 12.7 Å². The molecule has 0 heterocycles. The minimum absolute atomic E-state index is 0.132. The van der Waals surface area contributed by atoms with Gasteiger partial charge in [0.25, 0.3) is 0 Å². The van der Waals surface area contributed by atoms with Gasteiger partial charge in [0.05, 0.1) is 4.90 Å². The maximum atomic E-state index is 12.6. The number of nitrogens with one attached hydrogen (secondary N) is 1. The third-order valence-corrected chi connectivity index (χ3v) is 4.44. The van der Waals surface area contributed by atoms with Gasteiger partial charge >= 0.3 is 12.1 Å². The fourth-order valence-electron chi connectivity index (χ4n) is 2.29. The lowest BCUT2D eigenvalue weighted by atomic mass is 10.1. The SMILES string of the molecule is CC(C)(C)OC(=O)N[C@@H](Cc1ccc(O)cc1S(C)(=O)=O)C(=O)OC(C)(C)C. The minimum atomic E-state index is -3.68. The van der Waals surface area contributed by atoms with Crippen LogP contribution in [0.2, 0.25) is 0 Å². The van der Waals surface area contributed by atoms with Crippen LogP contribution in [0.4, 0.5) is 4.79 Å². The monoisotopic (exact) mass is 415 g/mol. The average Bonchev–Trinajstić information content (AvgIpc) is 2.43. The number of phenols is 1. The van der Waals surface area contributed by atoms with Gasteiger partial charge in [0.1, 0.15) is 23.0 Å². The van der Waals surface area contributed by atoms with Crippen molar-refractivity contribution < 1.29 is 32.6 Å². The standard InChI is InChI=1S/C19H29NO7S/c1-18(2,3)26-16(22)14(20-17(23)27-19(4,5)6)10-12-8-9-13(21)11-15(12)28(7,24)25/h8-9,11,14,21H,10H2,1-7H3,(H,20,23)/t14-/m0/s1. The number of hydrogen-bond donors (Lipinski definition) is 2. The molecule has 0 saturated heterocycles. The highest BCUT2D eigenvalue weighted by atomic mass is 32.2. The Labute approximate surface area is 166 Å². The molecule has 0 aliphatic carbocycles. The van der Waals surface area contributed by atoms with Crippen LogP contribution in [0.1, 0.15) is 47.1 Å². The predicted octanol–water partition coefficient (Wildman–Crippen LogP) is 2.57.